The summed E-state index contributed by atoms with van der Waals surface area (Å²) in [4.78, 5) is 9.78. The van der Waals surface area contributed by atoms with Crippen molar-refractivity contribution in [2.24, 2.45) is 0 Å². The van der Waals surface area contributed by atoms with Crippen molar-refractivity contribution in [2.75, 3.05) is 60.6 Å². The van der Waals surface area contributed by atoms with Crippen molar-refractivity contribution in [3.05, 3.63) is 108 Å². The summed E-state index contributed by atoms with van der Waals surface area (Å²) in [6.45, 7) is 3.66. The number of piperidine rings is 1. The minimum Gasteiger partial charge on any atom is -0.493 e. The van der Waals surface area contributed by atoms with E-state index in [-0.39, 0.29) is 24.8 Å². The van der Waals surface area contributed by atoms with Crippen molar-refractivity contribution in [2.45, 2.75) is 32.0 Å². The molecule has 0 N–H and O–H groups in total. The number of likely N-dealkylation sites (tertiary alicyclic amines) is 1. The van der Waals surface area contributed by atoms with Crippen molar-refractivity contribution in [1.29, 1.82) is 0 Å². The summed E-state index contributed by atoms with van der Waals surface area (Å²) in [7, 11) is 9.78. The third-order valence-electron chi connectivity index (χ3n) is 9.55. The smallest absolute Gasteiger partial charge is 0.203 e. The monoisotopic (exact) mass is 761 g/mol. The van der Waals surface area contributed by atoms with Gasteiger partial charge in [0.1, 0.15) is 0 Å². The van der Waals surface area contributed by atoms with Gasteiger partial charge in [-0.2, -0.15) is 0 Å². The molecule has 0 spiro atoms. The van der Waals surface area contributed by atoms with Gasteiger partial charge < -0.3 is 33.3 Å². The minimum atomic E-state index is 0. The fourth-order valence-electron chi connectivity index (χ4n) is 6.95. The van der Waals surface area contributed by atoms with Crippen molar-refractivity contribution >= 4 is 30.5 Å². The van der Waals surface area contributed by atoms with E-state index in [1.807, 2.05) is 30.5 Å². The Hall–Kier alpha value is -4.83. The molecule has 1 saturated heterocycles. The van der Waals surface area contributed by atoms with Gasteiger partial charge in [-0.1, -0.05) is 36.4 Å². The zero-order chi connectivity index (χ0) is 35.7. The maximum atomic E-state index is 5.64. The Bertz CT molecular complexity index is 1870. The van der Waals surface area contributed by atoms with Gasteiger partial charge >= 0.3 is 0 Å². The molecule has 0 radical (unpaired) electrons. The Morgan fingerprint density at radius 1 is 0.585 bits per heavy atom. The summed E-state index contributed by atoms with van der Waals surface area (Å²) in [6, 6.07) is 32.0. The summed E-state index contributed by atoms with van der Waals surface area (Å²) in [6.07, 6.45) is 4.00. The summed E-state index contributed by atoms with van der Waals surface area (Å²) in [5, 5.41) is 0. The van der Waals surface area contributed by atoms with E-state index in [9.17, 15) is 0 Å². The van der Waals surface area contributed by atoms with Gasteiger partial charge in [-0.15, -0.1) is 24.8 Å². The topological polar surface area (TPSA) is 74.8 Å². The van der Waals surface area contributed by atoms with Crippen LogP contribution in [0.4, 0.5) is 5.69 Å². The van der Waals surface area contributed by atoms with E-state index in [1.165, 1.54) is 16.8 Å². The Kier molecular flexibility index (Phi) is 14.9. The molecule has 0 atom stereocenters. The average molecular weight is 763 g/mol. The molecule has 0 saturated carbocycles. The van der Waals surface area contributed by atoms with Crippen LogP contribution in [0.15, 0.2) is 97.2 Å². The van der Waals surface area contributed by atoms with Gasteiger partial charge in [-0.3, -0.25) is 9.88 Å². The molecule has 1 aromatic heterocycles. The highest BCUT2D eigenvalue weighted by Crippen LogP contribution is 2.42. The van der Waals surface area contributed by atoms with Gasteiger partial charge in [-0.25, -0.2) is 0 Å². The SMILES string of the molecule is COc1cc(-c2cccc(CN(c3ccccc3)C3CCN(Cc4ccnc(-c5cc(OC)c(OC)c(OC)c5)c4)CC3)c2)cc(OC)c1OC.Cl.Cl. The number of nitrogens with zero attached hydrogens (tertiary/aromatic N) is 3. The molecular weight excluding hydrogens is 713 g/mol. The highest BCUT2D eigenvalue weighted by Gasteiger charge is 2.26. The van der Waals surface area contributed by atoms with E-state index in [0.29, 0.717) is 40.5 Å². The predicted molar refractivity (Wildman–Crippen MR) is 216 cm³/mol. The number of para-hydroxylation sites is 1. The molecule has 0 unspecified atom stereocenters. The zero-order valence-electron chi connectivity index (χ0n) is 31.2. The van der Waals surface area contributed by atoms with Gasteiger partial charge in [0.2, 0.25) is 11.5 Å². The lowest BCUT2D eigenvalue weighted by Gasteiger charge is -2.40. The van der Waals surface area contributed by atoms with Crippen molar-refractivity contribution in [1.82, 2.24) is 9.88 Å². The van der Waals surface area contributed by atoms with Crippen LogP contribution in [0.1, 0.15) is 24.0 Å². The van der Waals surface area contributed by atoms with Gasteiger partial charge in [0.05, 0.1) is 48.4 Å². The van der Waals surface area contributed by atoms with E-state index >= 15 is 0 Å². The lowest BCUT2D eigenvalue weighted by molar-refractivity contribution is 0.201. The Balaban J connectivity index is 0.00000314. The number of methoxy groups -OCH3 is 6. The number of hydrogen-bond donors (Lipinski definition) is 0. The first-order valence-corrected chi connectivity index (χ1v) is 17.2. The molecule has 4 aromatic carbocycles. The van der Waals surface area contributed by atoms with Crippen LogP contribution >= 0.6 is 24.8 Å². The van der Waals surface area contributed by atoms with Crippen LogP contribution in [0.5, 0.6) is 34.5 Å². The molecule has 0 aliphatic carbocycles. The fraction of sp³-hybridized carbons (Fsp3) is 0.310. The Morgan fingerprint density at radius 2 is 1.15 bits per heavy atom. The lowest BCUT2D eigenvalue weighted by atomic mass is 9.98. The van der Waals surface area contributed by atoms with E-state index in [1.54, 1.807) is 42.7 Å². The summed E-state index contributed by atoms with van der Waals surface area (Å²) < 4.78 is 33.5. The van der Waals surface area contributed by atoms with Crippen LogP contribution in [-0.4, -0.2) is 71.7 Å². The van der Waals surface area contributed by atoms with Crippen LogP contribution in [0, 0.1) is 0 Å². The molecule has 1 aliphatic heterocycles. The average Bonchev–Trinajstić information content (AvgIpc) is 3.19. The van der Waals surface area contributed by atoms with Crippen molar-refractivity contribution in [3.8, 4) is 56.9 Å². The third kappa shape index (κ3) is 9.40. The summed E-state index contributed by atoms with van der Waals surface area (Å²) in [5.41, 5.74) is 7.58. The van der Waals surface area contributed by atoms with E-state index < -0.39 is 0 Å². The first-order valence-electron chi connectivity index (χ1n) is 17.2. The quantitative estimate of drug-likeness (QED) is 0.110. The maximum absolute atomic E-state index is 5.64. The van der Waals surface area contributed by atoms with E-state index in [4.69, 9.17) is 28.4 Å². The molecule has 53 heavy (non-hydrogen) atoms. The third-order valence-corrected chi connectivity index (χ3v) is 9.55. The van der Waals surface area contributed by atoms with Crippen molar-refractivity contribution in [3.63, 3.8) is 0 Å². The van der Waals surface area contributed by atoms with Gasteiger partial charge in [0.25, 0.3) is 0 Å². The number of anilines is 1. The number of hydrogen-bond acceptors (Lipinski definition) is 9. The van der Waals surface area contributed by atoms with Gasteiger partial charge in [-0.05, 0) is 89.7 Å². The molecule has 1 fully saturated rings. The van der Waals surface area contributed by atoms with E-state index in [0.717, 1.165) is 61.4 Å². The van der Waals surface area contributed by atoms with Crippen molar-refractivity contribution < 1.29 is 28.4 Å². The zero-order valence-corrected chi connectivity index (χ0v) is 32.8. The first kappa shape index (κ1) is 40.9. The Morgan fingerprint density at radius 3 is 1.70 bits per heavy atom. The van der Waals surface area contributed by atoms with Gasteiger partial charge in [0, 0.05) is 49.7 Å². The Labute approximate surface area is 325 Å². The highest BCUT2D eigenvalue weighted by atomic mass is 35.5. The molecule has 2 heterocycles. The highest BCUT2D eigenvalue weighted by molar-refractivity contribution is 5.85. The first-order chi connectivity index (χ1) is 25.0. The number of rotatable bonds is 14. The van der Waals surface area contributed by atoms with Crippen LogP contribution in [0.2, 0.25) is 0 Å². The number of benzene rings is 4. The molecule has 282 valence electrons. The molecule has 11 heteroatoms. The van der Waals surface area contributed by atoms with Crippen LogP contribution < -0.4 is 33.3 Å². The normalized spacial score (nSPS) is 12.9. The van der Waals surface area contributed by atoms with Crippen LogP contribution in [0.25, 0.3) is 22.4 Å². The number of ether oxygens (including phenoxy) is 6. The van der Waals surface area contributed by atoms with Crippen LogP contribution in [-0.2, 0) is 13.1 Å². The largest absolute Gasteiger partial charge is 0.493 e. The van der Waals surface area contributed by atoms with E-state index in [2.05, 4.69) is 81.5 Å². The number of pyridine rings is 1. The summed E-state index contributed by atoms with van der Waals surface area (Å²) >= 11 is 0. The molecule has 1 aliphatic rings. The second-order valence-corrected chi connectivity index (χ2v) is 12.5. The molecule has 0 bridgehead atoms. The second-order valence-electron chi connectivity index (χ2n) is 12.5. The molecule has 5 aromatic rings. The van der Waals surface area contributed by atoms with Crippen LogP contribution in [0.3, 0.4) is 0 Å². The lowest BCUT2D eigenvalue weighted by Crippen LogP contribution is -2.44. The summed E-state index contributed by atoms with van der Waals surface area (Å²) in [5.74, 6) is 3.65. The van der Waals surface area contributed by atoms with Gasteiger partial charge in [0.15, 0.2) is 23.0 Å². The minimum absolute atomic E-state index is 0. The molecule has 0 amide bonds. The molecule has 9 nitrogen and oxygen atoms in total. The second kappa shape index (κ2) is 19.3. The number of aromatic nitrogens is 1. The number of halogens is 2. The molecular formula is C42H49Cl2N3O6. The molecule has 6 rings (SSSR count). The fourth-order valence-corrected chi connectivity index (χ4v) is 6.95. The maximum Gasteiger partial charge on any atom is 0.203 e. The predicted octanol–water partition coefficient (Wildman–Crippen LogP) is 8.98. The standard InChI is InChI=1S/C42H47N3O6.2ClH/c1-46-37-23-32(24-38(47-2)41(37)50-5)31-12-10-11-29(21-31)28-45(34-13-8-7-9-14-34)35-16-19-44(20-17-35)27-30-15-18-43-36(22-30)33-25-39(48-3)42(51-6)40(26-33)49-4;;/h7-15,18,21-26,35H,16-17,19-20,27-28H2,1-6H3;2*1H.